The predicted molar refractivity (Wildman–Crippen MR) is 117 cm³/mol. The number of aromatic nitrogens is 3. The van der Waals surface area contributed by atoms with Crippen LogP contribution in [0.5, 0.6) is 0 Å². The molecule has 31 heavy (non-hydrogen) atoms. The molecule has 0 radical (unpaired) electrons. The van der Waals surface area contributed by atoms with Crippen LogP contribution in [0.4, 0.5) is 16.3 Å². The van der Waals surface area contributed by atoms with Crippen molar-refractivity contribution in [3.63, 3.8) is 0 Å². The van der Waals surface area contributed by atoms with Crippen LogP contribution in [0.3, 0.4) is 0 Å². The minimum atomic E-state index is -1.10. The van der Waals surface area contributed by atoms with E-state index in [-0.39, 0.29) is 18.0 Å². The van der Waals surface area contributed by atoms with Crippen molar-refractivity contribution >= 4 is 23.5 Å². The van der Waals surface area contributed by atoms with Crippen LogP contribution < -0.4 is 15.1 Å². The smallest absolute Gasteiger partial charge is 0.405 e. The SMILES string of the molecule is CCC1C(=O)N(C)c2cnc(-c3ccncc3C(C)NC(=O)O)nc2N1C1CCCC1. The first kappa shape index (κ1) is 21.0. The molecule has 9 nitrogen and oxygen atoms in total. The molecule has 1 aliphatic carbocycles. The highest BCUT2D eigenvalue weighted by Gasteiger charge is 2.41. The van der Waals surface area contributed by atoms with Crippen molar-refractivity contribution in [1.82, 2.24) is 20.3 Å². The summed E-state index contributed by atoms with van der Waals surface area (Å²) >= 11 is 0. The third-order valence-corrected chi connectivity index (χ3v) is 6.31. The van der Waals surface area contributed by atoms with Crippen molar-refractivity contribution in [3.8, 4) is 11.4 Å². The number of pyridine rings is 1. The molecule has 0 aromatic carbocycles. The quantitative estimate of drug-likeness (QED) is 0.757. The van der Waals surface area contributed by atoms with Crippen LogP contribution in [0.15, 0.2) is 24.7 Å². The Morgan fingerprint density at radius 3 is 2.74 bits per heavy atom. The van der Waals surface area contributed by atoms with Crippen LogP contribution >= 0.6 is 0 Å². The van der Waals surface area contributed by atoms with Crippen molar-refractivity contribution in [2.24, 2.45) is 0 Å². The van der Waals surface area contributed by atoms with Gasteiger partial charge in [0.25, 0.3) is 0 Å². The molecule has 2 unspecified atom stereocenters. The lowest BCUT2D eigenvalue weighted by molar-refractivity contribution is -0.120. The lowest BCUT2D eigenvalue weighted by Crippen LogP contribution is -2.55. The van der Waals surface area contributed by atoms with E-state index in [1.165, 1.54) is 0 Å². The van der Waals surface area contributed by atoms with Gasteiger partial charge in [0.15, 0.2) is 11.6 Å². The topological polar surface area (TPSA) is 112 Å². The lowest BCUT2D eigenvalue weighted by Gasteiger charge is -2.43. The molecule has 2 amide bonds. The summed E-state index contributed by atoms with van der Waals surface area (Å²) in [5.41, 5.74) is 2.13. The van der Waals surface area contributed by atoms with E-state index in [1.54, 1.807) is 43.5 Å². The van der Waals surface area contributed by atoms with E-state index in [1.807, 2.05) is 6.92 Å². The highest BCUT2D eigenvalue weighted by Crippen LogP contribution is 2.40. The molecular formula is C22H28N6O3. The predicted octanol–water partition coefficient (Wildman–Crippen LogP) is 3.37. The summed E-state index contributed by atoms with van der Waals surface area (Å²) in [6.45, 7) is 3.79. The molecule has 0 saturated heterocycles. The molecule has 9 heteroatoms. The van der Waals surface area contributed by atoms with Gasteiger partial charge in [-0.05, 0) is 32.3 Å². The van der Waals surface area contributed by atoms with Crippen LogP contribution in [-0.2, 0) is 4.79 Å². The van der Waals surface area contributed by atoms with E-state index in [4.69, 9.17) is 10.1 Å². The highest BCUT2D eigenvalue weighted by atomic mass is 16.4. The Bertz CT molecular complexity index is 991. The molecule has 1 aliphatic heterocycles. The number of fused-ring (bicyclic) bond motifs is 1. The molecule has 2 aromatic rings. The zero-order chi connectivity index (χ0) is 22.1. The van der Waals surface area contributed by atoms with Gasteiger partial charge in [0.05, 0.1) is 12.2 Å². The summed E-state index contributed by atoms with van der Waals surface area (Å²) in [4.78, 5) is 41.7. The van der Waals surface area contributed by atoms with Gasteiger partial charge in [-0.1, -0.05) is 19.8 Å². The van der Waals surface area contributed by atoms with E-state index < -0.39 is 12.1 Å². The maximum Gasteiger partial charge on any atom is 0.405 e. The summed E-state index contributed by atoms with van der Waals surface area (Å²) < 4.78 is 0. The normalized spacial score (nSPS) is 20.0. The Morgan fingerprint density at radius 1 is 1.32 bits per heavy atom. The third kappa shape index (κ3) is 3.80. The molecular weight excluding hydrogens is 396 g/mol. The number of carboxylic acid groups (broad SMARTS) is 1. The molecule has 2 N–H and O–H groups in total. The van der Waals surface area contributed by atoms with Gasteiger partial charge in [-0.25, -0.2) is 14.8 Å². The fourth-order valence-corrected chi connectivity index (χ4v) is 4.73. The lowest BCUT2D eigenvalue weighted by atomic mass is 10.0. The first-order valence-corrected chi connectivity index (χ1v) is 10.8. The zero-order valence-corrected chi connectivity index (χ0v) is 18.1. The Kier molecular flexibility index (Phi) is 5.75. The second kappa shape index (κ2) is 8.49. The van der Waals surface area contributed by atoms with Crippen molar-refractivity contribution in [1.29, 1.82) is 0 Å². The van der Waals surface area contributed by atoms with Crippen molar-refractivity contribution in [2.45, 2.75) is 64.1 Å². The summed E-state index contributed by atoms with van der Waals surface area (Å²) in [7, 11) is 1.77. The fraction of sp³-hybridized carbons (Fsp3) is 0.500. The van der Waals surface area contributed by atoms with Gasteiger partial charge >= 0.3 is 6.09 Å². The molecule has 1 fully saturated rings. The monoisotopic (exact) mass is 424 g/mol. The highest BCUT2D eigenvalue weighted by molar-refractivity contribution is 6.04. The fourth-order valence-electron chi connectivity index (χ4n) is 4.73. The number of carbonyl (C=O) groups excluding carboxylic acids is 1. The Hall–Kier alpha value is -3.23. The van der Waals surface area contributed by atoms with Crippen LogP contribution in [0, 0.1) is 0 Å². The first-order valence-electron chi connectivity index (χ1n) is 10.8. The molecule has 4 rings (SSSR count). The van der Waals surface area contributed by atoms with Crippen LogP contribution in [0.25, 0.3) is 11.4 Å². The minimum Gasteiger partial charge on any atom is -0.465 e. The first-order chi connectivity index (χ1) is 14.9. The molecule has 2 aromatic heterocycles. The minimum absolute atomic E-state index is 0.0714. The Balaban J connectivity index is 1.82. The largest absolute Gasteiger partial charge is 0.465 e. The van der Waals surface area contributed by atoms with Gasteiger partial charge in [-0.3, -0.25) is 9.78 Å². The van der Waals surface area contributed by atoms with Crippen molar-refractivity contribution in [3.05, 3.63) is 30.2 Å². The Labute approximate surface area is 181 Å². The number of hydrogen-bond donors (Lipinski definition) is 2. The van der Waals surface area contributed by atoms with Gasteiger partial charge < -0.3 is 20.2 Å². The number of rotatable bonds is 5. The summed E-state index contributed by atoms with van der Waals surface area (Å²) in [6, 6.07) is 1.37. The summed E-state index contributed by atoms with van der Waals surface area (Å²) in [5, 5.41) is 11.6. The third-order valence-electron chi connectivity index (χ3n) is 6.31. The average Bonchev–Trinajstić information content (AvgIpc) is 3.29. The van der Waals surface area contributed by atoms with Gasteiger partial charge in [-0.15, -0.1) is 0 Å². The standard InChI is InChI=1S/C22H28N6O3/c1-4-17-21(29)27(3)18-12-24-19(26-20(18)28(17)14-7-5-6-8-14)15-9-10-23-11-16(15)13(2)25-22(30)31/h9-14,17,25H,4-8H2,1-3H3,(H,30,31). The van der Waals surface area contributed by atoms with Crippen LogP contribution in [0.2, 0.25) is 0 Å². The molecule has 1 saturated carbocycles. The number of anilines is 2. The summed E-state index contributed by atoms with van der Waals surface area (Å²) in [5.74, 6) is 1.34. The number of nitrogens with zero attached hydrogens (tertiary/aromatic N) is 5. The van der Waals surface area contributed by atoms with Gasteiger partial charge in [0.2, 0.25) is 5.91 Å². The number of likely N-dealkylation sites (N-methyl/N-ethyl adjacent to an activating group) is 1. The molecule has 3 heterocycles. The van der Waals surface area contributed by atoms with Crippen LogP contribution in [0.1, 0.15) is 57.6 Å². The maximum absolute atomic E-state index is 13.0. The zero-order valence-electron chi connectivity index (χ0n) is 18.1. The number of nitrogens with one attached hydrogen (secondary N) is 1. The van der Waals surface area contributed by atoms with Gasteiger partial charge in [0.1, 0.15) is 11.7 Å². The molecule has 0 bridgehead atoms. The average molecular weight is 425 g/mol. The maximum atomic E-state index is 13.0. The second-order valence-electron chi connectivity index (χ2n) is 8.20. The van der Waals surface area contributed by atoms with Crippen LogP contribution in [-0.4, -0.2) is 51.2 Å². The van der Waals surface area contributed by atoms with Crippen molar-refractivity contribution in [2.75, 3.05) is 16.8 Å². The Morgan fingerprint density at radius 2 is 2.06 bits per heavy atom. The van der Waals surface area contributed by atoms with Crippen molar-refractivity contribution < 1.29 is 14.7 Å². The molecule has 0 spiro atoms. The summed E-state index contributed by atoms with van der Waals surface area (Å²) in [6.07, 6.45) is 8.99. The second-order valence-corrected chi connectivity index (χ2v) is 8.20. The van der Waals surface area contributed by atoms with Gasteiger partial charge in [-0.2, -0.15) is 0 Å². The van der Waals surface area contributed by atoms with E-state index in [2.05, 4.69) is 20.2 Å². The van der Waals surface area contributed by atoms with Gasteiger partial charge in [0, 0.05) is 36.6 Å². The molecule has 2 atom stereocenters. The van der Waals surface area contributed by atoms with E-state index in [9.17, 15) is 9.59 Å². The van der Waals surface area contributed by atoms with E-state index in [0.717, 1.165) is 37.1 Å². The number of amides is 2. The molecule has 2 aliphatic rings. The van der Waals surface area contributed by atoms with E-state index in [0.29, 0.717) is 23.5 Å². The number of carbonyl (C=O) groups is 2. The molecule has 164 valence electrons. The van der Waals surface area contributed by atoms with E-state index >= 15 is 0 Å². The number of hydrogen-bond acceptors (Lipinski definition) is 6.